The number of aryl methyl sites for hydroxylation is 2. The molecule has 1 atom stereocenters. The summed E-state index contributed by atoms with van der Waals surface area (Å²) in [6.07, 6.45) is 3.38. The first-order chi connectivity index (χ1) is 16.8. The molecule has 1 aromatic heterocycles. The molecule has 0 amide bonds. The Morgan fingerprint density at radius 3 is 2.39 bits per heavy atom. The quantitative estimate of drug-likeness (QED) is 0.338. The van der Waals surface area contributed by atoms with Crippen LogP contribution < -0.4 is 5.32 Å². The molecule has 1 heterocycles. The van der Waals surface area contributed by atoms with Crippen LogP contribution in [0, 0.1) is 13.8 Å². The summed E-state index contributed by atoms with van der Waals surface area (Å²) >= 11 is 0. The zero-order valence-electron chi connectivity index (χ0n) is 23.3. The molecule has 3 aromatic rings. The average molecular weight is 506 g/mol. The van der Waals surface area contributed by atoms with E-state index in [0.717, 1.165) is 41.0 Å². The highest BCUT2D eigenvalue weighted by atomic mass is 28.4. The van der Waals surface area contributed by atoms with Gasteiger partial charge in [-0.25, -0.2) is 9.97 Å². The van der Waals surface area contributed by atoms with Crippen LogP contribution in [-0.4, -0.2) is 29.5 Å². The number of rotatable bonds is 6. The number of nitrogens with one attached hydrogen (secondary N) is 1. The highest BCUT2D eigenvalue weighted by Gasteiger charge is 2.42. The van der Waals surface area contributed by atoms with E-state index >= 15 is 0 Å². The molecule has 0 bridgehead atoms. The second-order valence-electron chi connectivity index (χ2n) is 12.2. The van der Waals surface area contributed by atoms with Gasteiger partial charge in [-0.05, 0) is 87.8 Å². The van der Waals surface area contributed by atoms with E-state index in [4.69, 9.17) is 9.41 Å². The van der Waals surface area contributed by atoms with Gasteiger partial charge in [0.1, 0.15) is 11.6 Å². The number of anilines is 1. The van der Waals surface area contributed by atoms with Crippen LogP contribution in [0.2, 0.25) is 18.1 Å². The molecule has 194 valence electrons. The number of fused-ring (bicyclic) bond motifs is 1. The third-order valence-corrected chi connectivity index (χ3v) is 12.8. The second kappa shape index (κ2) is 9.88. The molecule has 0 spiro atoms. The highest BCUT2D eigenvalue weighted by molar-refractivity contribution is 6.74. The first-order valence-electron chi connectivity index (χ1n) is 13.3. The molecule has 1 aliphatic rings. The van der Waals surface area contributed by atoms with Crippen molar-refractivity contribution in [2.75, 3.05) is 5.32 Å². The van der Waals surface area contributed by atoms with Gasteiger partial charge < -0.3 is 14.8 Å². The fraction of sp³-hybridized carbons (Fsp3) is 0.533. The van der Waals surface area contributed by atoms with Crippen molar-refractivity contribution < 1.29 is 9.53 Å². The lowest BCUT2D eigenvalue weighted by molar-refractivity contribution is -0.0329. The molecule has 6 heteroatoms. The van der Waals surface area contributed by atoms with Crippen LogP contribution in [0.3, 0.4) is 0 Å². The Bertz CT molecular complexity index is 1230. The van der Waals surface area contributed by atoms with Crippen LogP contribution in [-0.2, 0) is 10.0 Å². The van der Waals surface area contributed by atoms with Crippen molar-refractivity contribution in [2.45, 2.75) is 103 Å². The fourth-order valence-corrected chi connectivity index (χ4v) is 6.36. The molecule has 36 heavy (non-hydrogen) atoms. The molecule has 1 fully saturated rings. The predicted molar refractivity (Wildman–Crippen MR) is 152 cm³/mol. The van der Waals surface area contributed by atoms with Gasteiger partial charge in [-0.15, -0.1) is 0 Å². The van der Waals surface area contributed by atoms with Gasteiger partial charge in [0, 0.05) is 17.5 Å². The van der Waals surface area contributed by atoms with Gasteiger partial charge in [0.25, 0.3) is 0 Å². The van der Waals surface area contributed by atoms with Gasteiger partial charge in [-0.1, -0.05) is 56.7 Å². The minimum absolute atomic E-state index is 0.0945. The fourth-order valence-electron chi connectivity index (χ4n) is 4.94. The number of aromatic nitrogens is 2. The smallest absolute Gasteiger partial charge is 0.192 e. The van der Waals surface area contributed by atoms with Crippen molar-refractivity contribution in [3.8, 4) is 0 Å². The first-order valence-corrected chi connectivity index (χ1v) is 16.2. The standard InChI is InChI=1S/C30H43N3O2Si/c1-20-10-9-11-23(18-20)21(2)31-28-26-19-24(12-13-27(26)32-22(3)33-28)30(34)16-14-25(15-17-30)35-36(7,8)29(4,5)6/h9-13,18-19,21,25,34H,14-17H2,1-8H3,(H,31,32,33)/t21-,25?,30?/m1/s1. The van der Waals surface area contributed by atoms with Gasteiger partial charge >= 0.3 is 0 Å². The Morgan fingerprint density at radius 1 is 1.06 bits per heavy atom. The Kier molecular flexibility index (Phi) is 7.35. The molecule has 0 radical (unpaired) electrons. The summed E-state index contributed by atoms with van der Waals surface area (Å²) < 4.78 is 6.67. The van der Waals surface area contributed by atoms with Crippen molar-refractivity contribution >= 4 is 25.0 Å². The monoisotopic (exact) mass is 505 g/mol. The molecule has 0 aliphatic heterocycles. The van der Waals surface area contributed by atoms with E-state index in [-0.39, 0.29) is 17.2 Å². The number of hydrogen-bond donors (Lipinski definition) is 2. The van der Waals surface area contributed by atoms with Crippen LogP contribution in [0.5, 0.6) is 0 Å². The maximum absolute atomic E-state index is 11.7. The molecule has 1 aliphatic carbocycles. The Hall–Kier alpha value is -2.28. The van der Waals surface area contributed by atoms with E-state index < -0.39 is 13.9 Å². The Morgan fingerprint density at radius 2 is 1.75 bits per heavy atom. The van der Waals surface area contributed by atoms with Gasteiger partial charge in [0.05, 0.1) is 11.1 Å². The molecule has 2 aromatic carbocycles. The summed E-state index contributed by atoms with van der Waals surface area (Å²) in [6, 6.07) is 14.8. The lowest BCUT2D eigenvalue weighted by atomic mass is 9.78. The van der Waals surface area contributed by atoms with Crippen molar-refractivity contribution in [3.63, 3.8) is 0 Å². The predicted octanol–water partition coefficient (Wildman–Crippen LogP) is 7.57. The highest BCUT2D eigenvalue weighted by Crippen LogP contribution is 2.43. The summed E-state index contributed by atoms with van der Waals surface area (Å²) in [5.74, 6) is 1.54. The van der Waals surface area contributed by atoms with Gasteiger partial charge in [-0.3, -0.25) is 0 Å². The van der Waals surface area contributed by atoms with E-state index in [1.807, 2.05) is 19.1 Å². The zero-order chi connectivity index (χ0) is 26.3. The summed E-state index contributed by atoms with van der Waals surface area (Å²) in [6.45, 7) is 17.6. The van der Waals surface area contributed by atoms with E-state index in [1.165, 1.54) is 11.1 Å². The van der Waals surface area contributed by atoms with Crippen molar-refractivity contribution in [1.29, 1.82) is 0 Å². The van der Waals surface area contributed by atoms with Crippen LogP contribution in [0.1, 0.15) is 81.9 Å². The summed E-state index contributed by atoms with van der Waals surface area (Å²) in [5, 5.41) is 16.5. The third-order valence-electron chi connectivity index (χ3n) is 8.27. The molecule has 0 saturated heterocycles. The Labute approximate surface area is 217 Å². The maximum atomic E-state index is 11.7. The summed E-state index contributed by atoms with van der Waals surface area (Å²) in [5.41, 5.74) is 3.44. The molecule has 5 nitrogen and oxygen atoms in total. The topological polar surface area (TPSA) is 67.3 Å². The van der Waals surface area contributed by atoms with E-state index in [0.29, 0.717) is 12.8 Å². The Balaban J connectivity index is 1.57. The molecular formula is C30H43N3O2Si. The molecule has 1 saturated carbocycles. The largest absolute Gasteiger partial charge is 0.414 e. The van der Waals surface area contributed by atoms with Crippen LogP contribution in [0.25, 0.3) is 10.9 Å². The lowest BCUT2D eigenvalue weighted by Crippen LogP contribution is -2.46. The van der Waals surface area contributed by atoms with Gasteiger partial charge in [-0.2, -0.15) is 0 Å². The third kappa shape index (κ3) is 5.66. The van der Waals surface area contributed by atoms with E-state index in [1.54, 1.807) is 0 Å². The first kappa shape index (κ1) is 26.8. The van der Waals surface area contributed by atoms with E-state index in [2.05, 4.69) is 88.3 Å². The number of aliphatic hydroxyl groups is 1. The van der Waals surface area contributed by atoms with Gasteiger partial charge in [0.2, 0.25) is 0 Å². The SMILES string of the molecule is Cc1cccc([C@@H](C)Nc2nc(C)nc3ccc(C4(O)CCC(O[Si](C)(C)C(C)(C)C)CC4)cc23)c1. The van der Waals surface area contributed by atoms with Crippen molar-refractivity contribution in [3.05, 3.63) is 65.0 Å². The van der Waals surface area contributed by atoms with Gasteiger partial charge in [0.15, 0.2) is 8.32 Å². The lowest BCUT2D eigenvalue weighted by Gasteiger charge is -2.43. The van der Waals surface area contributed by atoms with E-state index in [9.17, 15) is 5.11 Å². The molecule has 4 rings (SSSR count). The number of nitrogens with zero attached hydrogens (tertiary/aromatic N) is 2. The minimum atomic E-state index is -1.82. The summed E-state index contributed by atoms with van der Waals surface area (Å²) in [4.78, 5) is 9.42. The molecular weight excluding hydrogens is 462 g/mol. The second-order valence-corrected chi connectivity index (χ2v) is 17.0. The van der Waals surface area contributed by atoms with Crippen LogP contribution in [0.15, 0.2) is 42.5 Å². The molecule has 0 unspecified atom stereocenters. The zero-order valence-corrected chi connectivity index (χ0v) is 24.3. The van der Waals surface area contributed by atoms with Crippen LogP contribution in [0.4, 0.5) is 5.82 Å². The van der Waals surface area contributed by atoms with Crippen molar-refractivity contribution in [1.82, 2.24) is 9.97 Å². The normalized spacial score (nSPS) is 22.0. The summed E-state index contributed by atoms with van der Waals surface area (Å²) in [7, 11) is -1.82. The minimum Gasteiger partial charge on any atom is -0.414 e. The molecule has 2 N–H and O–H groups in total. The number of hydrogen-bond acceptors (Lipinski definition) is 5. The average Bonchev–Trinajstić information content (AvgIpc) is 2.79. The van der Waals surface area contributed by atoms with Crippen LogP contribution >= 0.6 is 0 Å². The van der Waals surface area contributed by atoms with Crippen molar-refractivity contribution in [2.24, 2.45) is 0 Å². The maximum Gasteiger partial charge on any atom is 0.192 e. The number of benzene rings is 2.